The molecule has 0 saturated carbocycles. The molecule has 2 aromatic carbocycles. The number of hydrogen-bond donors (Lipinski definition) is 2. The fourth-order valence-electron chi connectivity index (χ4n) is 2.64. The van der Waals surface area contributed by atoms with Crippen molar-refractivity contribution in [3.8, 4) is 11.5 Å². The Balaban J connectivity index is 0.00000182. The van der Waals surface area contributed by atoms with Crippen molar-refractivity contribution in [3.05, 3.63) is 59.4 Å². The van der Waals surface area contributed by atoms with E-state index < -0.39 is 5.97 Å². The first-order chi connectivity index (χ1) is 11.7. The summed E-state index contributed by atoms with van der Waals surface area (Å²) < 4.78 is 10.7. The molecular formula is C18H15ClN2O4. The lowest BCUT2D eigenvalue weighted by Crippen LogP contribution is -1.93. The number of aliphatic carboxylic acids is 1. The number of H-pyrrole nitrogens is 1. The summed E-state index contributed by atoms with van der Waals surface area (Å²) in [7, 11) is 0. The van der Waals surface area contributed by atoms with Gasteiger partial charge in [0, 0.05) is 24.6 Å². The number of imidazole rings is 1. The van der Waals surface area contributed by atoms with Gasteiger partial charge < -0.3 is 19.6 Å². The van der Waals surface area contributed by atoms with Crippen LogP contribution in [0, 0.1) is 0 Å². The highest BCUT2D eigenvalue weighted by Crippen LogP contribution is 2.35. The lowest BCUT2D eigenvalue weighted by molar-refractivity contribution is -0.131. The molecule has 0 aliphatic carbocycles. The highest BCUT2D eigenvalue weighted by Gasteiger charge is 2.16. The molecule has 25 heavy (non-hydrogen) atoms. The number of carboxylic acids is 1. The second-order valence-corrected chi connectivity index (χ2v) is 5.50. The average Bonchev–Trinajstić information content (AvgIpc) is 3.16. The average molecular weight is 359 g/mol. The van der Waals surface area contributed by atoms with Crippen molar-refractivity contribution in [2.75, 3.05) is 6.79 Å². The number of nitrogens with one attached hydrogen (secondary N) is 1. The van der Waals surface area contributed by atoms with Gasteiger partial charge in [0.2, 0.25) is 6.79 Å². The van der Waals surface area contributed by atoms with E-state index in [0.29, 0.717) is 6.42 Å². The van der Waals surface area contributed by atoms with Crippen LogP contribution in [0.15, 0.2) is 42.5 Å². The highest BCUT2D eigenvalue weighted by atomic mass is 35.5. The summed E-state index contributed by atoms with van der Waals surface area (Å²) in [6, 6.07) is 11.5. The largest absolute Gasteiger partial charge is 0.478 e. The van der Waals surface area contributed by atoms with Gasteiger partial charge in [0.1, 0.15) is 5.82 Å². The van der Waals surface area contributed by atoms with Gasteiger partial charge in [0.05, 0.1) is 11.0 Å². The van der Waals surface area contributed by atoms with Crippen molar-refractivity contribution in [2.45, 2.75) is 6.42 Å². The normalized spacial score (nSPS) is 12.5. The number of aromatic nitrogens is 2. The number of halogens is 1. The third-order valence-corrected chi connectivity index (χ3v) is 3.79. The van der Waals surface area contributed by atoms with Crippen molar-refractivity contribution >= 4 is 35.5 Å². The van der Waals surface area contributed by atoms with Crippen LogP contribution in [0.4, 0.5) is 0 Å². The zero-order valence-electron chi connectivity index (χ0n) is 13.1. The van der Waals surface area contributed by atoms with E-state index in [0.717, 1.165) is 45.6 Å². The predicted octanol–water partition coefficient (Wildman–Crippen LogP) is 3.40. The topological polar surface area (TPSA) is 84.4 Å². The Morgan fingerprint density at radius 2 is 1.92 bits per heavy atom. The van der Waals surface area contributed by atoms with E-state index in [2.05, 4.69) is 9.97 Å². The maximum atomic E-state index is 10.5. The predicted molar refractivity (Wildman–Crippen MR) is 95.4 cm³/mol. The number of benzene rings is 2. The van der Waals surface area contributed by atoms with E-state index in [1.807, 2.05) is 36.4 Å². The quantitative estimate of drug-likeness (QED) is 0.698. The second-order valence-electron chi connectivity index (χ2n) is 5.50. The summed E-state index contributed by atoms with van der Waals surface area (Å²) in [6.45, 7) is 0.247. The lowest BCUT2D eigenvalue weighted by Gasteiger charge is -1.99. The number of nitrogens with zero attached hydrogens (tertiary/aromatic N) is 1. The molecule has 1 aromatic heterocycles. The van der Waals surface area contributed by atoms with Gasteiger partial charge in [-0.3, -0.25) is 0 Å². The number of carbonyl (C=O) groups is 1. The van der Waals surface area contributed by atoms with Gasteiger partial charge in [-0.2, -0.15) is 0 Å². The Kier molecular flexibility index (Phi) is 4.63. The Morgan fingerprint density at radius 3 is 2.64 bits per heavy atom. The summed E-state index contributed by atoms with van der Waals surface area (Å²) in [6.07, 6.45) is 3.34. The Labute approximate surface area is 149 Å². The number of ether oxygens (including phenoxy) is 2. The van der Waals surface area contributed by atoms with E-state index in [1.54, 1.807) is 6.08 Å². The highest BCUT2D eigenvalue weighted by molar-refractivity contribution is 5.85. The van der Waals surface area contributed by atoms with Crippen LogP contribution in [-0.2, 0) is 11.2 Å². The molecule has 2 heterocycles. The minimum Gasteiger partial charge on any atom is -0.478 e. The molecule has 0 fully saturated rings. The van der Waals surface area contributed by atoms with E-state index in [1.165, 1.54) is 0 Å². The summed E-state index contributed by atoms with van der Waals surface area (Å²) >= 11 is 0. The van der Waals surface area contributed by atoms with Crippen LogP contribution in [0.2, 0.25) is 0 Å². The third kappa shape index (κ3) is 3.59. The molecule has 2 N–H and O–H groups in total. The molecule has 0 radical (unpaired) electrons. The minimum atomic E-state index is -0.957. The van der Waals surface area contributed by atoms with Gasteiger partial charge in [-0.1, -0.05) is 24.3 Å². The molecule has 0 unspecified atom stereocenters. The number of hydrogen-bond acceptors (Lipinski definition) is 4. The summed E-state index contributed by atoms with van der Waals surface area (Å²) in [4.78, 5) is 18.4. The molecule has 128 valence electrons. The van der Waals surface area contributed by atoms with Gasteiger partial charge in [-0.25, -0.2) is 9.78 Å². The van der Waals surface area contributed by atoms with Crippen LogP contribution in [-0.4, -0.2) is 27.8 Å². The lowest BCUT2D eigenvalue weighted by atomic mass is 10.1. The SMILES string of the molecule is Cl.O=C(O)/C=C/c1ccc(Cc2nc3cc4c(cc3[nH]2)OCO4)cc1. The van der Waals surface area contributed by atoms with E-state index in [9.17, 15) is 4.79 Å². The monoisotopic (exact) mass is 358 g/mol. The molecule has 3 aromatic rings. The maximum absolute atomic E-state index is 10.5. The van der Waals surface area contributed by atoms with Crippen molar-refractivity contribution in [2.24, 2.45) is 0 Å². The van der Waals surface area contributed by atoms with Crippen LogP contribution in [0.25, 0.3) is 17.1 Å². The molecule has 6 nitrogen and oxygen atoms in total. The first-order valence-electron chi connectivity index (χ1n) is 7.45. The number of carboxylic acid groups (broad SMARTS) is 1. The van der Waals surface area contributed by atoms with Gasteiger partial charge in [-0.15, -0.1) is 12.4 Å². The minimum absolute atomic E-state index is 0. The number of fused-ring (bicyclic) bond motifs is 2. The molecule has 1 aliphatic heterocycles. The molecule has 4 rings (SSSR count). The summed E-state index contributed by atoms with van der Waals surface area (Å²) in [5.41, 5.74) is 3.68. The maximum Gasteiger partial charge on any atom is 0.328 e. The standard InChI is InChI=1S/C18H14N2O4.ClH/c21-18(22)6-5-11-1-3-12(4-2-11)7-17-19-13-8-15-16(24-10-23-15)9-14(13)20-17;/h1-6,8-9H,7,10H2,(H,19,20)(H,21,22);1H/b6-5+;. The number of aromatic amines is 1. The molecule has 0 atom stereocenters. The molecule has 0 bridgehead atoms. The molecule has 7 heteroatoms. The van der Waals surface area contributed by atoms with Gasteiger partial charge >= 0.3 is 5.97 Å². The first kappa shape index (κ1) is 16.9. The van der Waals surface area contributed by atoms with Crippen LogP contribution in [0.5, 0.6) is 11.5 Å². The number of rotatable bonds is 4. The zero-order valence-corrected chi connectivity index (χ0v) is 13.9. The van der Waals surface area contributed by atoms with Crippen LogP contribution in [0.1, 0.15) is 17.0 Å². The zero-order chi connectivity index (χ0) is 16.5. The first-order valence-corrected chi connectivity index (χ1v) is 7.45. The van der Waals surface area contributed by atoms with Crippen molar-refractivity contribution in [1.82, 2.24) is 9.97 Å². The van der Waals surface area contributed by atoms with Gasteiger partial charge in [0.15, 0.2) is 11.5 Å². The second kappa shape index (κ2) is 6.86. The van der Waals surface area contributed by atoms with E-state index in [-0.39, 0.29) is 19.2 Å². The van der Waals surface area contributed by atoms with Crippen molar-refractivity contribution in [1.29, 1.82) is 0 Å². The van der Waals surface area contributed by atoms with Crippen molar-refractivity contribution in [3.63, 3.8) is 0 Å². The van der Waals surface area contributed by atoms with Crippen LogP contribution < -0.4 is 9.47 Å². The fraction of sp³-hybridized carbons (Fsp3) is 0.111. The smallest absolute Gasteiger partial charge is 0.328 e. The molecule has 0 saturated heterocycles. The molecule has 0 spiro atoms. The Morgan fingerprint density at radius 1 is 1.20 bits per heavy atom. The fourth-order valence-corrected chi connectivity index (χ4v) is 2.64. The summed E-state index contributed by atoms with van der Waals surface area (Å²) in [5.74, 6) is 1.34. The molecular weight excluding hydrogens is 344 g/mol. The Bertz CT molecular complexity index is 907. The van der Waals surface area contributed by atoms with Crippen LogP contribution >= 0.6 is 12.4 Å². The Hall–Kier alpha value is -2.99. The van der Waals surface area contributed by atoms with Crippen molar-refractivity contribution < 1.29 is 19.4 Å². The van der Waals surface area contributed by atoms with E-state index >= 15 is 0 Å². The van der Waals surface area contributed by atoms with Gasteiger partial charge in [0.25, 0.3) is 0 Å². The van der Waals surface area contributed by atoms with E-state index in [4.69, 9.17) is 14.6 Å². The van der Waals surface area contributed by atoms with Crippen LogP contribution in [0.3, 0.4) is 0 Å². The summed E-state index contributed by atoms with van der Waals surface area (Å²) in [5, 5.41) is 8.64. The molecule has 0 amide bonds. The third-order valence-electron chi connectivity index (χ3n) is 3.79. The van der Waals surface area contributed by atoms with Gasteiger partial charge in [-0.05, 0) is 17.2 Å². The molecule has 1 aliphatic rings.